The highest BCUT2D eigenvalue weighted by molar-refractivity contribution is 6.64. The van der Waals surface area contributed by atoms with E-state index < -0.39 is 0 Å². The SMILES string of the molecule is C=CN(CCCCC)C(/N=C(\C)Cl)=C(\C)C(=C)N. The van der Waals surface area contributed by atoms with Crippen LogP contribution < -0.4 is 5.73 Å². The van der Waals surface area contributed by atoms with E-state index in [9.17, 15) is 0 Å². The number of nitrogens with zero attached hydrogens (tertiary/aromatic N) is 2. The van der Waals surface area contributed by atoms with Crippen molar-refractivity contribution >= 4 is 16.8 Å². The Hall–Kier alpha value is -1.22. The van der Waals surface area contributed by atoms with Crippen LogP contribution in [0.4, 0.5) is 0 Å². The van der Waals surface area contributed by atoms with Crippen LogP contribution >= 0.6 is 11.6 Å². The van der Waals surface area contributed by atoms with Gasteiger partial charge >= 0.3 is 0 Å². The van der Waals surface area contributed by atoms with E-state index in [0.717, 1.165) is 24.4 Å². The number of aliphatic imine (C=N–C) groups is 1. The van der Waals surface area contributed by atoms with Crippen LogP contribution in [0.25, 0.3) is 0 Å². The van der Waals surface area contributed by atoms with Crippen LogP contribution in [0.3, 0.4) is 0 Å². The van der Waals surface area contributed by atoms with Crippen molar-refractivity contribution in [1.82, 2.24) is 4.90 Å². The van der Waals surface area contributed by atoms with Gasteiger partial charge in [0.25, 0.3) is 0 Å². The van der Waals surface area contributed by atoms with Crippen molar-refractivity contribution in [3.05, 3.63) is 36.4 Å². The fourth-order valence-corrected chi connectivity index (χ4v) is 1.55. The summed E-state index contributed by atoms with van der Waals surface area (Å²) in [6, 6.07) is 0. The van der Waals surface area contributed by atoms with E-state index in [2.05, 4.69) is 25.1 Å². The molecule has 0 heterocycles. The van der Waals surface area contributed by atoms with Gasteiger partial charge in [-0.1, -0.05) is 44.5 Å². The van der Waals surface area contributed by atoms with Gasteiger partial charge in [-0.25, -0.2) is 4.99 Å². The molecule has 0 spiro atoms. The Morgan fingerprint density at radius 1 is 1.39 bits per heavy atom. The molecular weight excluding hydrogens is 246 g/mol. The minimum atomic E-state index is 0.466. The molecular formula is C14H24ClN3. The molecule has 0 rings (SSSR count). The molecule has 3 nitrogen and oxygen atoms in total. The maximum Gasteiger partial charge on any atom is 0.138 e. The quantitative estimate of drug-likeness (QED) is 0.411. The van der Waals surface area contributed by atoms with Gasteiger partial charge in [0, 0.05) is 17.8 Å². The molecule has 0 fully saturated rings. The minimum absolute atomic E-state index is 0.466. The maximum atomic E-state index is 5.87. The van der Waals surface area contributed by atoms with E-state index in [-0.39, 0.29) is 0 Å². The second-order valence-electron chi connectivity index (χ2n) is 4.17. The van der Waals surface area contributed by atoms with Crippen molar-refractivity contribution in [3.8, 4) is 0 Å². The number of halogens is 1. The Bertz CT molecular complexity index is 352. The number of nitrogens with two attached hydrogens (primary N) is 1. The molecule has 0 radical (unpaired) electrons. The standard InChI is InChI=1S/C14H24ClN3/c1-6-8-9-10-18(7-2)14(17-13(5)15)11(3)12(4)16/h7H,2,4,6,8-10,16H2,1,3,5H3/b14-11+,17-13+. The van der Waals surface area contributed by atoms with Crippen molar-refractivity contribution in [1.29, 1.82) is 0 Å². The van der Waals surface area contributed by atoms with E-state index in [1.54, 1.807) is 13.1 Å². The summed E-state index contributed by atoms with van der Waals surface area (Å²) in [5.74, 6) is 0.723. The summed E-state index contributed by atoms with van der Waals surface area (Å²) in [6.45, 7) is 14.2. The molecule has 18 heavy (non-hydrogen) atoms. The highest BCUT2D eigenvalue weighted by Crippen LogP contribution is 2.18. The molecule has 0 saturated heterocycles. The predicted octanol–water partition coefficient (Wildman–Crippen LogP) is 3.98. The summed E-state index contributed by atoms with van der Waals surface area (Å²) in [6.07, 6.45) is 5.17. The fourth-order valence-electron chi connectivity index (χ4n) is 1.47. The Balaban J connectivity index is 5.16. The lowest BCUT2D eigenvalue weighted by Crippen LogP contribution is -2.20. The third-order valence-electron chi connectivity index (χ3n) is 2.57. The number of rotatable bonds is 8. The first-order chi connectivity index (χ1) is 8.43. The summed E-state index contributed by atoms with van der Waals surface area (Å²) in [5.41, 5.74) is 7.05. The lowest BCUT2D eigenvalue weighted by atomic mass is 10.2. The van der Waals surface area contributed by atoms with Crippen LogP contribution in [-0.2, 0) is 0 Å². The number of unbranched alkanes of at least 4 members (excludes halogenated alkanes) is 2. The lowest BCUT2D eigenvalue weighted by Gasteiger charge is -2.22. The Morgan fingerprint density at radius 3 is 2.39 bits per heavy atom. The normalized spacial score (nSPS) is 13.0. The van der Waals surface area contributed by atoms with E-state index in [1.807, 2.05) is 11.8 Å². The molecule has 0 bridgehead atoms. The zero-order valence-electron chi connectivity index (χ0n) is 11.7. The van der Waals surface area contributed by atoms with Crippen molar-refractivity contribution < 1.29 is 0 Å². The average molecular weight is 270 g/mol. The first-order valence-electron chi connectivity index (χ1n) is 6.19. The Kier molecular flexibility index (Phi) is 8.21. The lowest BCUT2D eigenvalue weighted by molar-refractivity contribution is 0.436. The molecule has 0 atom stereocenters. The van der Waals surface area contributed by atoms with Gasteiger partial charge in [0.1, 0.15) is 11.0 Å². The van der Waals surface area contributed by atoms with Gasteiger partial charge < -0.3 is 10.6 Å². The summed E-state index contributed by atoms with van der Waals surface area (Å²) in [7, 11) is 0. The largest absolute Gasteiger partial charge is 0.399 e. The van der Waals surface area contributed by atoms with Gasteiger partial charge in [-0.15, -0.1) is 0 Å². The molecule has 2 N–H and O–H groups in total. The van der Waals surface area contributed by atoms with E-state index in [1.165, 1.54) is 12.8 Å². The smallest absolute Gasteiger partial charge is 0.138 e. The number of hydrogen-bond donors (Lipinski definition) is 1. The van der Waals surface area contributed by atoms with E-state index in [4.69, 9.17) is 17.3 Å². The summed E-state index contributed by atoms with van der Waals surface area (Å²) < 4.78 is 0. The van der Waals surface area contributed by atoms with Crippen molar-refractivity contribution in [2.75, 3.05) is 6.54 Å². The molecule has 0 amide bonds. The van der Waals surface area contributed by atoms with Crippen LogP contribution in [0.2, 0.25) is 0 Å². The molecule has 0 aliphatic heterocycles. The van der Waals surface area contributed by atoms with Crippen LogP contribution in [0.15, 0.2) is 41.4 Å². The topological polar surface area (TPSA) is 41.6 Å². The minimum Gasteiger partial charge on any atom is -0.399 e. The van der Waals surface area contributed by atoms with Crippen LogP contribution in [0, 0.1) is 0 Å². The highest BCUT2D eigenvalue weighted by atomic mass is 35.5. The van der Waals surface area contributed by atoms with E-state index in [0.29, 0.717) is 10.9 Å². The average Bonchev–Trinajstić information content (AvgIpc) is 2.31. The van der Waals surface area contributed by atoms with Crippen LogP contribution in [0.5, 0.6) is 0 Å². The van der Waals surface area contributed by atoms with E-state index >= 15 is 0 Å². The molecule has 0 aromatic rings. The Labute approximate surface area is 116 Å². The predicted molar refractivity (Wildman–Crippen MR) is 81.4 cm³/mol. The molecule has 0 aromatic carbocycles. The zero-order chi connectivity index (χ0) is 14.1. The second-order valence-corrected chi connectivity index (χ2v) is 4.71. The summed E-state index contributed by atoms with van der Waals surface area (Å²) in [4.78, 5) is 6.29. The third kappa shape index (κ3) is 5.92. The van der Waals surface area contributed by atoms with Gasteiger partial charge in [-0.05, 0) is 26.5 Å². The van der Waals surface area contributed by atoms with Crippen molar-refractivity contribution in [2.24, 2.45) is 10.7 Å². The molecule has 0 unspecified atom stereocenters. The van der Waals surface area contributed by atoms with Gasteiger partial charge in [0.2, 0.25) is 0 Å². The first kappa shape index (κ1) is 16.8. The first-order valence-corrected chi connectivity index (χ1v) is 6.57. The fraction of sp³-hybridized carbons (Fsp3) is 0.500. The van der Waals surface area contributed by atoms with Gasteiger partial charge in [-0.3, -0.25) is 0 Å². The second kappa shape index (κ2) is 8.81. The molecule has 0 saturated carbocycles. The number of allylic oxidation sites excluding steroid dienone is 1. The molecule has 0 aromatic heterocycles. The van der Waals surface area contributed by atoms with Crippen molar-refractivity contribution in [3.63, 3.8) is 0 Å². The van der Waals surface area contributed by atoms with Crippen molar-refractivity contribution in [2.45, 2.75) is 40.0 Å². The molecule has 4 heteroatoms. The highest BCUT2D eigenvalue weighted by Gasteiger charge is 2.10. The molecule has 0 aliphatic carbocycles. The van der Waals surface area contributed by atoms with Gasteiger partial charge in [0.05, 0.1) is 0 Å². The zero-order valence-corrected chi connectivity index (χ0v) is 12.4. The molecule has 102 valence electrons. The van der Waals surface area contributed by atoms with Gasteiger partial charge in [0.15, 0.2) is 0 Å². The van der Waals surface area contributed by atoms with Crippen LogP contribution in [0.1, 0.15) is 40.0 Å². The number of hydrogen-bond acceptors (Lipinski definition) is 3. The summed E-state index contributed by atoms with van der Waals surface area (Å²) in [5, 5.41) is 0.466. The monoisotopic (exact) mass is 269 g/mol. The van der Waals surface area contributed by atoms with Crippen LogP contribution in [-0.4, -0.2) is 16.6 Å². The van der Waals surface area contributed by atoms with Gasteiger partial charge in [-0.2, -0.15) is 0 Å². The maximum absolute atomic E-state index is 5.87. The Morgan fingerprint density at radius 2 is 2.00 bits per heavy atom. The third-order valence-corrected chi connectivity index (χ3v) is 2.66. The summed E-state index contributed by atoms with van der Waals surface area (Å²) >= 11 is 5.87. The molecule has 0 aliphatic rings.